The molecule has 3 aliphatic rings. The van der Waals surface area contributed by atoms with Gasteiger partial charge in [-0.15, -0.1) is 0 Å². The second-order valence-electron chi connectivity index (χ2n) is 6.91. The van der Waals surface area contributed by atoms with E-state index in [1.807, 2.05) is 26.0 Å². The highest BCUT2D eigenvalue weighted by Gasteiger charge is 2.48. The van der Waals surface area contributed by atoms with Gasteiger partial charge in [-0.2, -0.15) is 0 Å². The molecule has 1 aromatic carbocycles. The molecule has 1 saturated heterocycles. The number of ether oxygens (including phenoxy) is 3. The monoisotopic (exact) mass is 305 g/mol. The number of benzene rings is 1. The minimum Gasteiger partial charge on any atom is -0.482 e. The van der Waals surface area contributed by atoms with Crippen molar-refractivity contribution in [1.82, 2.24) is 4.90 Å². The molecule has 5 nitrogen and oxygen atoms in total. The fourth-order valence-corrected chi connectivity index (χ4v) is 4.01. The number of aliphatic hydroxyl groups excluding tert-OH is 1. The minimum atomic E-state index is -0.577. The van der Waals surface area contributed by atoms with Crippen molar-refractivity contribution < 1.29 is 19.3 Å². The molecule has 0 saturated carbocycles. The molecule has 0 spiro atoms. The van der Waals surface area contributed by atoms with Crippen LogP contribution in [-0.4, -0.2) is 41.5 Å². The van der Waals surface area contributed by atoms with Crippen LogP contribution in [-0.2, 0) is 0 Å². The summed E-state index contributed by atoms with van der Waals surface area (Å²) in [5.74, 6) is 1.96. The summed E-state index contributed by atoms with van der Waals surface area (Å²) in [5.41, 5.74) is 0.323. The van der Waals surface area contributed by atoms with E-state index in [9.17, 15) is 5.11 Å². The maximum Gasteiger partial charge on any atom is 0.231 e. The lowest BCUT2D eigenvalue weighted by Crippen LogP contribution is -2.59. The maximum absolute atomic E-state index is 11.0. The van der Waals surface area contributed by atoms with E-state index in [0.717, 1.165) is 18.7 Å². The van der Waals surface area contributed by atoms with E-state index < -0.39 is 11.7 Å². The quantitative estimate of drug-likeness (QED) is 0.864. The first-order chi connectivity index (χ1) is 10.6. The molecule has 4 rings (SSSR count). The molecule has 3 aliphatic heterocycles. The van der Waals surface area contributed by atoms with Crippen molar-refractivity contribution in [2.75, 3.05) is 19.9 Å². The third-order valence-corrected chi connectivity index (χ3v) is 5.00. The van der Waals surface area contributed by atoms with Gasteiger partial charge in [0.15, 0.2) is 11.5 Å². The highest BCUT2D eigenvalue weighted by Crippen LogP contribution is 2.51. The number of nitrogens with zero attached hydrogens (tertiary/aromatic N) is 1. The van der Waals surface area contributed by atoms with E-state index in [0.29, 0.717) is 17.2 Å². The number of fused-ring (bicyclic) bond motifs is 3. The zero-order valence-corrected chi connectivity index (χ0v) is 13.2. The molecule has 5 heteroatoms. The summed E-state index contributed by atoms with van der Waals surface area (Å²) in [7, 11) is 0. The molecule has 2 atom stereocenters. The second kappa shape index (κ2) is 5.03. The van der Waals surface area contributed by atoms with Crippen LogP contribution in [0.25, 0.3) is 0 Å². The maximum atomic E-state index is 11.0. The number of hydrogen-bond acceptors (Lipinski definition) is 5. The molecule has 0 aromatic heterocycles. The minimum absolute atomic E-state index is 0.0410. The Hall–Kier alpha value is -1.46. The third kappa shape index (κ3) is 2.07. The molecule has 1 aromatic rings. The number of hydrogen-bond donors (Lipinski definition) is 1. The Morgan fingerprint density at radius 2 is 1.86 bits per heavy atom. The van der Waals surface area contributed by atoms with Crippen molar-refractivity contribution in [3.8, 4) is 17.2 Å². The largest absolute Gasteiger partial charge is 0.482 e. The predicted molar refractivity (Wildman–Crippen MR) is 81.4 cm³/mol. The van der Waals surface area contributed by atoms with Gasteiger partial charge in [0.1, 0.15) is 11.7 Å². The van der Waals surface area contributed by atoms with Gasteiger partial charge >= 0.3 is 0 Å². The molecule has 0 amide bonds. The Morgan fingerprint density at radius 1 is 1.09 bits per heavy atom. The molecule has 120 valence electrons. The Kier molecular flexibility index (Phi) is 3.24. The van der Waals surface area contributed by atoms with Crippen molar-refractivity contribution in [2.24, 2.45) is 0 Å². The zero-order valence-electron chi connectivity index (χ0n) is 13.2. The molecule has 3 heterocycles. The van der Waals surface area contributed by atoms with Crippen molar-refractivity contribution in [1.29, 1.82) is 0 Å². The van der Waals surface area contributed by atoms with Crippen LogP contribution in [0.4, 0.5) is 0 Å². The van der Waals surface area contributed by atoms with E-state index in [4.69, 9.17) is 14.2 Å². The van der Waals surface area contributed by atoms with Gasteiger partial charge in [0.05, 0.1) is 6.04 Å². The van der Waals surface area contributed by atoms with Crippen LogP contribution in [0.1, 0.15) is 44.8 Å². The Labute approximate surface area is 130 Å². The molecule has 0 bridgehead atoms. The fraction of sp³-hybridized carbons (Fsp3) is 0.647. The van der Waals surface area contributed by atoms with Gasteiger partial charge in [0.2, 0.25) is 12.5 Å². The summed E-state index contributed by atoms with van der Waals surface area (Å²) in [6.45, 7) is 6.35. The topological polar surface area (TPSA) is 51.2 Å². The normalized spacial score (nSPS) is 29.8. The SMILES string of the molecule is CC1(C)Oc2c(ccc3c2OCO3)C(O)C1N1CCCCC1. The highest BCUT2D eigenvalue weighted by atomic mass is 16.7. The number of piperidine rings is 1. The lowest BCUT2D eigenvalue weighted by atomic mass is 9.84. The summed E-state index contributed by atoms with van der Waals surface area (Å²) in [4.78, 5) is 2.38. The summed E-state index contributed by atoms with van der Waals surface area (Å²) in [5, 5.41) is 11.0. The van der Waals surface area contributed by atoms with E-state index in [2.05, 4.69) is 4.90 Å². The molecular weight excluding hydrogens is 282 g/mol. The first kappa shape index (κ1) is 14.2. The van der Waals surface area contributed by atoms with Gasteiger partial charge in [-0.05, 0) is 51.9 Å². The van der Waals surface area contributed by atoms with E-state index >= 15 is 0 Å². The first-order valence-corrected chi connectivity index (χ1v) is 8.11. The lowest BCUT2D eigenvalue weighted by molar-refractivity contribution is -0.0882. The van der Waals surface area contributed by atoms with Crippen LogP contribution in [0.5, 0.6) is 17.2 Å². The van der Waals surface area contributed by atoms with Crippen LogP contribution in [0.15, 0.2) is 12.1 Å². The van der Waals surface area contributed by atoms with Crippen LogP contribution >= 0.6 is 0 Å². The standard InChI is InChI=1S/C17H23NO4/c1-17(2)16(18-8-4-3-5-9-18)13(19)11-6-7-12-15(14(11)22-17)21-10-20-12/h6-7,13,16,19H,3-5,8-10H2,1-2H3. The molecule has 2 unspecified atom stereocenters. The number of rotatable bonds is 1. The van der Waals surface area contributed by atoms with Crippen molar-refractivity contribution in [3.63, 3.8) is 0 Å². The van der Waals surface area contributed by atoms with Gasteiger partial charge in [-0.1, -0.05) is 6.42 Å². The Balaban J connectivity index is 1.74. The van der Waals surface area contributed by atoms with Gasteiger partial charge in [0, 0.05) is 5.56 Å². The van der Waals surface area contributed by atoms with Crippen LogP contribution in [0.3, 0.4) is 0 Å². The van der Waals surface area contributed by atoms with Crippen molar-refractivity contribution >= 4 is 0 Å². The molecule has 22 heavy (non-hydrogen) atoms. The van der Waals surface area contributed by atoms with Crippen LogP contribution in [0.2, 0.25) is 0 Å². The summed E-state index contributed by atoms with van der Waals surface area (Å²) < 4.78 is 17.3. The summed E-state index contributed by atoms with van der Waals surface area (Å²) in [6.07, 6.45) is 3.07. The number of aliphatic hydroxyl groups is 1. The molecule has 0 radical (unpaired) electrons. The summed E-state index contributed by atoms with van der Waals surface area (Å²) in [6, 6.07) is 3.72. The van der Waals surface area contributed by atoms with Gasteiger partial charge < -0.3 is 19.3 Å². The van der Waals surface area contributed by atoms with Gasteiger partial charge in [-0.3, -0.25) is 4.90 Å². The Bertz CT molecular complexity index is 580. The molecular formula is C17H23NO4. The molecule has 1 fully saturated rings. The average molecular weight is 305 g/mol. The lowest BCUT2D eigenvalue weighted by Gasteiger charge is -2.49. The average Bonchev–Trinajstić information content (AvgIpc) is 2.96. The first-order valence-electron chi connectivity index (χ1n) is 8.11. The van der Waals surface area contributed by atoms with E-state index in [1.165, 1.54) is 19.3 Å². The Morgan fingerprint density at radius 3 is 2.64 bits per heavy atom. The smallest absolute Gasteiger partial charge is 0.231 e. The van der Waals surface area contributed by atoms with Crippen molar-refractivity contribution in [3.05, 3.63) is 17.7 Å². The summed E-state index contributed by atoms with van der Waals surface area (Å²) >= 11 is 0. The zero-order chi connectivity index (χ0) is 15.3. The second-order valence-corrected chi connectivity index (χ2v) is 6.91. The van der Waals surface area contributed by atoms with Crippen molar-refractivity contribution in [2.45, 2.75) is 50.9 Å². The number of likely N-dealkylation sites (tertiary alicyclic amines) is 1. The third-order valence-electron chi connectivity index (χ3n) is 5.00. The highest BCUT2D eigenvalue weighted by molar-refractivity contribution is 5.59. The van der Waals surface area contributed by atoms with E-state index in [-0.39, 0.29) is 12.8 Å². The van der Waals surface area contributed by atoms with Crippen LogP contribution < -0.4 is 14.2 Å². The van der Waals surface area contributed by atoms with E-state index in [1.54, 1.807) is 0 Å². The molecule has 1 N–H and O–H groups in total. The predicted octanol–water partition coefficient (Wildman–Crippen LogP) is 2.47. The fourth-order valence-electron chi connectivity index (χ4n) is 4.01. The van der Waals surface area contributed by atoms with Gasteiger partial charge in [-0.25, -0.2) is 0 Å². The van der Waals surface area contributed by atoms with Gasteiger partial charge in [0.25, 0.3) is 0 Å². The van der Waals surface area contributed by atoms with Crippen LogP contribution in [0, 0.1) is 0 Å². The molecule has 0 aliphatic carbocycles.